The molecule has 0 aromatic rings. The third kappa shape index (κ3) is 3.98. The fourth-order valence-corrected chi connectivity index (χ4v) is 3.58. The molecule has 0 bridgehead atoms. The Morgan fingerprint density at radius 2 is 1.94 bits per heavy atom. The van der Waals surface area contributed by atoms with Crippen molar-refractivity contribution in [1.82, 2.24) is 5.32 Å². The Bertz CT molecular complexity index is 280. The van der Waals surface area contributed by atoms with Gasteiger partial charge in [-0.25, -0.2) is 0 Å². The SMILES string of the molecule is CC1CCCCC1NC(=O)CC1CCCC(N)C1. The van der Waals surface area contributed by atoms with E-state index in [1.165, 1.54) is 32.1 Å². The van der Waals surface area contributed by atoms with Crippen LogP contribution in [0.4, 0.5) is 0 Å². The molecule has 0 aromatic heterocycles. The Balaban J connectivity index is 1.74. The normalized spacial score (nSPS) is 37.2. The van der Waals surface area contributed by atoms with Crippen LogP contribution in [0.15, 0.2) is 0 Å². The zero-order valence-electron chi connectivity index (χ0n) is 11.7. The first-order valence-electron chi connectivity index (χ1n) is 7.70. The summed E-state index contributed by atoms with van der Waals surface area (Å²) >= 11 is 0. The zero-order valence-corrected chi connectivity index (χ0v) is 11.7. The van der Waals surface area contributed by atoms with Gasteiger partial charge in [0.05, 0.1) is 0 Å². The second kappa shape index (κ2) is 6.55. The number of nitrogens with two attached hydrogens (primary N) is 1. The lowest BCUT2D eigenvalue weighted by molar-refractivity contribution is -0.123. The summed E-state index contributed by atoms with van der Waals surface area (Å²) in [5.74, 6) is 1.43. The topological polar surface area (TPSA) is 55.1 Å². The lowest BCUT2D eigenvalue weighted by Crippen LogP contribution is -2.42. The van der Waals surface area contributed by atoms with Crippen LogP contribution >= 0.6 is 0 Å². The average Bonchev–Trinajstić information content (AvgIpc) is 2.32. The van der Waals surface area contributed by atoms with Crippen molar-refractivity contribution in [3.05, 3.63) is 0 Å². The van der Waals surface area contributed by atoms with Gasteiger partial charge >= 0.3 is 0 Å². The van der Waals surface area contributed by atoms with Gasteiger partial charge in [-0.2, -0.15) is 0 Å². The smallest absolute Gasteiger partial charge is 0.220 e. The van der Waals surface area contributed by atoms with Crippen molar-refractivity contribution in [2.24, 2.45) is 17.6 Å². The van der Waals surface area contributed by atoms with Gasteiger partial charge < -0.3 is 11.1 Å². The maximum absolute atomic E-state index is 12.1. The third-order valence-corrected chi connectivity index (χ3v) is 4.76. The molecule has 3 heteroatoms. The number of carbonyl (C=O) groups excluding carboxylic acids is 1. The van der Waals surface area contributed by atoms with Crippen molar-refractivity contribution in [2.75, 3.05) is 0 Å². The summed E-state index contributed by atoms with van der Waals surface area (Å²) in [5.41, 5.74) is 5.98. The van der Waals surface area contributed by atoms with E-state index in [2.05, 4.69) is 12.2 Å². The molecule has 0 aliphatic heterocycles. The summed E-state index contributed by atoms with van der Waals surface area (Å²) in [5, 5.41) is 3.25. The third-order valence-electron chi connectivity index (χ3n) is 4.76. The van der Waals surface area contributed by atoms with E-state index < -0.39 is 0 Å². The minimum absolute atomic E-state index is 0.257. The maximum Gasteiger partial charge on any atom is 0.220 e. The van der Waals surface area contributed by atoms with Crippen molar-refractivity contribution in [3.63, 3.8) is 0 Å². The predicted octanol–water partition coefficient (Wildman–Crippen LogP) is 2.59. The molecule has 0 spiro atoms. The molecule has 3 N–H and O–H groups in total. The van der Waals surface area contributed by atoms with Crippen molar-refractivity contribution in [2.45, 2.75) is 76.8 Å². The van der Waals surface area contributed by atoms with E-state index in [0.717, 1.165) is 19.3 Å². The van der Waals surface area contributed by atoms with Crippen LogP contribution in [0.1, 0.15) is 64.7 Å². The molecule has 0 aromatic carbocycles. The minimum atomic E-state index is 0.257. The number of amides is 1. The highest BCUT2D eigenvalue weighted by Crippen LogP contribution is 2.27. The molecule has 2 fully saturated rings. The van der Waals surface area contributed by atoms with E-state index in [9.17, 15) is 4.79 Å². The molecule has 2 aliphatic rings. The van der Waals surface area contributed by atoms with E-state index in [0.29, 0.717) is 30.3 Å². The molecular formula is C15H28N2O. The quantitative estimate of drug-likeness (QED) is 0.811. The summed E-state index contributed by atoms with van der Waals surface area (Å²) in [6.45, 7) is 2.26. The standard InChI is InChI=1S/C15H28N2O/c1-11-5-2-3-8-14(11)17-15(18)10-12-6-4-7-13(16)9-12/h11-14H,2-10,16H2,1H3,(H,17,18). The maximum atomic E-state index is 12.1. The second-order valence-electron chi connectivity index (χ2n) is 6.43. The first-order chi connectivity index (χ1) is 8.65. The van der Waals surface area contributed by atoms with Crippen LogP contribution in [0, 0.1) is 11.8 Å². The van der Waals surface area contributed by atoms with Crippen LogP contribution < -0.4 is 11.1 Å². The van der Waals surface area contributed by atoms with E-state index in [1.54, 1.807) is 0 Å². The number of hydrogen-bond donors (Lipinski definition) is 2. The molecule has 4 unspecified atom stereocenters. The zero-order chi connectivity index (χ0) is 13.0. The van der Waals surface area contributed by atoms with Crippen LogP contribution in [0.25, 0.3) is 0 Å². The number of rotatable bonds is 3. The number of nitrogens with one attached hydrogen (secondary N) is 1. The Morgan fingerprint density at radius 3 is 2.67 bits per heavy atom. The average molecular weight is 252 g/mol. The predicted molar refractivity (Wildman–Crippen MR) is 74.1 cm³/mol. The fraction of sp³-hybridized carbons (Fsp3) is 0.933. The molecular weight excluding hydrogens is 224 g/mol. The summed E-state index contributed by atoms with van der Waals surface area (Å²) < 4.78 is 0. The molecule has 18 heavy (non-hydrogen) atoms. The molecule has 2 saturated carbocycles. The van der Waals surface area contributed by atoms with E-state index in [-0.39, 0.29) is 5.91 Å². The number of hydrogen-bond acceptors (Lipinski definition) is 2. The van der Waals surface area contributed by atoms with E-state index in [4.69, 9.17) is 5.73 Å². The van der Waals surface area contributed by atoms with Crippen LogP contribution in [-0.2, 0) is 4.79 Å². The molecule has 0 heterocycles. The molecule has 2 aliphatic carbocycles. The fourth-order valence-electron chi connectivity index (χ4n) is 3.58. The molecule has 3 nitrogen and oxygen atoms in total. The number of carbonyl (C=O) groups is 1. The van der Waals surface area contributed by atoms with Gasteiger partial charge in [-0.05, 0) is 43.9 Å². The van der Waals surface area contributed by atoms with Gasteiger partial charge in [0.15, 0.2) is 0 Å². The monoisotopic (exact) mass is 252 g/mol. The van der Waals surface area contributed by atoms with Gasteiger partial charge in [0.1, 0.15) is 0 Å². The first-order valence-corrected chi connectivity index (χ1v) is 7.70. The van der Waals surface area contributed by atoms with E-state index in [1.807, 2.05) is 0 Å². The molecule has 4 atom stereocenters. The van der Waals surface area contributed by atoms with Gasteiger partial charge in [-0.1, -0.05) is 26.2 Å². The van der Waals surface area contributed by atoms with Gasteiger partial charge in [-0.15, -0.1) is 0 Å². The van der Waals surface area contributed by atoms with Crippen LogP contribution in [-0.4, -0.2) is 18.0 Å². The minimum Gasteiger partial charge on any atom is -0.353 e. The molecule has 2 rings (SSSR count). The lowest BCUT2D eigenvalue weighted by atomic mass is 9.83. The molecule has 1 amide bonds. The summed E-state index contributed by atoms with van der Waals surface area (Å²) in [6, 6.07) is 0.744. The summed E-state index contributed by atoms with van der Waals surface area (Å²) in [7, 11) is 0. The first kappa shape index (κ1) is 13.9. The molecule has 104 valence electrons. The largest absolute Gasteiger partial charge is 0.353 e. The highest BCUT2D eigenvalue weighted by Gasteiger charge is 2.25. The Labute approximate surface area is 111 Å². The van der Waals surface area contributed by atoms with Crippen molar-refractivity contribution >= 4 is 5.91 Å². The summed E-state index contributed by atoms with van der Waals surface area (Å²) in [6.07, 6.45) is 10.3. The van der Waals surface area contributed by atoms with Crippen molar-refractivity contribution in [1.29, 1.82) is 0 Å². The second-order valence-corrected chi connectivity index (χ2v) is 6.43. The van der Waals surface area contributed by atoms with Crippen molar-refractivity contribution in [3.8, 4) is 0 Å². The highest BCUT2D eigenvalue weighted by atomic mass is 16.1. The van der Waals surface area contributed by atoms with Gasteiger partial charge in [0, 0.05) is 18.5 Å². The van der Waals surface area contributed by atoms with Crippen molar-refractivity contribution < 1.29 is 4.79 Å². The molecule has 0 saturated heterocycles. The lowest BCUT2D eigenvalue weighted by Gasteiger charge is -2.31. The Hall–Kier alpha value is -0.570. The van der Waals surface area contributed by atoms with Crippen LogP contribution in [0.2, 0.25) is 0 Å². The highest BCUT2D eigenvalue weighted by molar-refractivity contribution is 5.76. The van der Waals surface area contributed by atoms with Gasteiger partial charge in [0.2, 0.25) is 5.91 Å². The van der Waals surface area contributed by atoms with Gasteiger partial charge in [0.25, 0.3) is 0 Å². The van der Waals surface area contributed by atoms with Crippen LogP contribution in [0.5, 0.6) is 0 Å². The Morgan fingerprint density at radius 1 is 1.17 bits per heavy atom. The van der Waals surface area contributed by atoms with Gasteiger partial charge in [-0.3, -0.25) is 4.79 Å². The molecule has 0 radical (unpaired) electrons. The van der Waals surface area contributed by atoms with E-state index >= 15 is 0 Å². The Kier molecular flexibility index (Phi) is 5.04. The van der Waals surface area contributed by atoms with Crippen LogP contribution in [0.3, 0.4) is 0 Å². The summed E-state index contributed by atoms with van der Waals surface area (Å²) in [4.78, 5) is 12.1.